The zero-order chi connectivity index (χ0) is 10.6. The second kappa shape index (κ2) is 3.48. The van der Waals surface area contributed by atoms with Crippen LogP contribution in [0.3, 0.4) is 0 Å². The van der Waals surface area contributed by atoms with E-state index in [0.717, 1.165) is 29.1 Å². The Morgan fingerprint density at radius 1 is 0.933 bits per heavy atom. The smallest absolute Gasteiger partial charge is 0.0148 e. The summed E-state index contributed by atoms with van der Waals surface area (Å²) in [7, 11) is 0. The Labute approximate surface area is 102 Å². The van der Waals surface area contributed by atoms with Crippen LogP contribution in [0.2, 0.25) is 0 Å². The van der Waals surface area contributed by atoms with Crippen LogP contribution in [0.15, 0.2) is 0 Å². The lowest BCUT2D eigenvalue weighted by molar-refractivity contribution is -0.0820. The third-order valence-corrected chi connectivity index (χ3v) is 6.53. The molecule has 0 heterocycles. The Morgan fingerprint density at radius 3 is 1.67 bits per heavy atom. The van der Waals surface area contributed by atoms with E-state index < -0.39 is 0 Å². The van der Waals surface area contributed by atoms with Gasteiger partial charge in [0.2, 0.25) is 0 Å². The zero-order valence-electron chi connectivity index (χ0n) is 10.0. The summed E-state index contributed by atoms with van der Waals surface area (Å²) in [6.45, 7) is 4.84. The topological polar surface area (TPSA) is 0 Å². The highest BCUT2D eigenvalue weighted by Gasteiger charge is 2.53. The van der Waals surface area contributed by atoms with Gasteiger partial charge in [-0.2, -0.15) is 0 Å². The molecule has 4 rings (SSSR count). The first-order valence-corrected chi connectivity index (χ1v) is 7.65. The first-order valence-electron chi connectivity index (χ1n) is 6.73. The fourth-order valence-electron chi connectivity index (χ4n) is 5.22. The standard InChI is InChI=1S/C14H23Br/c1-9(10(2)15)14-6-11-3-12(7-14)5-13(4-11)8-14/h9-13H,3-8H2,1-2H3. The molecule has 1 heteroatoms. The molecule has 4 aliphatic rings. The maximum absolute atomic E-state index is 3.83. The number of hydrogen-bond donors (Lipinski definition) is 0. The van der Waals surface area contributed by atoms with Crippen LogP contribution in [0, 0.1) is 29.1 Å². The molecule has 2 unspecified atom stereocenters. The summed E-state index contributed by atoms with van der Waals surface area (Å²) in [6.07, 6.45) is 9.37. The van der Waals surface area contributed by atoms with Gasteiger partial charge < -0.3 is 0 Å². The zero-order valence-corrected chi connectivity index (χ0v) is 11.6. The number of alkyl halides is 1. The van der Waals surface area contributed by atoms with Gasteiger partial charge >= 0.3 is 0 Å². The van der Waals surface area contributed by atoms with Crippen molar-refractivity contribution in [2.75, 3.05) is 0 Å². The lowest BCUT2D eigenvalue weighted by Gasteiger charge is -2.59. The molecule has 4 fully saturated rings. The molecule has 4 bridgehead atoms. The Kier molecular flexibility index (Phi) is 2.47. The van der Waals surface area contributed by atoms with E-state index in [1.54, 1.807) is 38.5 Å². The number of halogens is 1. The quantitative estimate of drug-likeness (QED) is 0.643. The minimum atomic E-state index is 0.703. The van der Waals surface area contributed by atoms with Crippen molar-refractivity contribution < 1.29 is 0 Å². The number of rotatable bonds is 2. The van der Waals surface area contributed by atoms with Gasteiger partial charge in [0, 0.05) is 4.83 Å². The van der Waals surface area contributed by atoms with E-state index in [1.165, 1.54) is 0 Å². The second-order valence-electron chi connectivity index (χ2n) is 6.75. The maximum atomic E-state index is 3.83. The fourth-order valence-corrected chi connectivity index (χ4v) is 5.78. The summed E-state index contributed by atoms with van der Waals surface area (Å²) in [5.74, 6) is 4.19. The predicted molar refractivity (Wildman–Crippen MR) is 68.2 cm³/mol. The summed E-state index contributed by atoms with van der Waals surface area (Å²) in [6, 6.07) is 0. The van der Waals surface area contributed by atoms with Crippen molar-refractivity contribution in [2.24, 2.45) is 29.1 Å². The van der Waals surface area contributed by atoms with Crippen LogP contribution in [-0.2, 0) is 0 Å². The van der Waals surface area contributed by atoms with Crippen molar-refractivity contribution >= 4 is 15.9 Å². The van der Waals surface area contributed by atoms with Crippen LogP contribution in [0.1, 0.15) is 52.4 Å². The van der Waals surface area contributed by atoms with Crippen molar-refractivity contribution in [3.05, 3.63) is 0 Å². The van der Waals surface area contributed by atoms with Crippen LogP contribution in [0.4, 0.5) is 0 Å². The van der Waals surface area contributed by atoms with Gasteiger partial charge in [-0.25, -0.2) is 0 Å². The van der Waals surface area contributed by atoms with Crippen molar-refractivity contribution in [1.82, 2.24) is 0 Å². The van der Waals surface area contributed by atoms with Crippen LogP contribution in [0.5, 0.6) is 0 Å². The van der Waals surface area contributed by atoms with E-state index in [9.17, 15) is 0 Å². The summed E-state index contributed by atoms with van der Waals surface area (Å²) in [5.41, 5.74) is 0.734. The molecule has 0 aliphatic heterocycles. The van der Waals surface area contributed by atoms with Gasteiger partial charge in [0.1, 0.15) is 0 Å². The molecular formula is C14H23Br. The van der Waals surface area contributed by atoms with E-state index in [1.807, 2.05) is 0 Å². The van der Waals surface area contributed by atoms with Crippen molar-refractivity contribution in [1.29, 1.82) is 0 Å². The number of hydrogen-bond acceptors (Lipinski definition) is 0. The molecule has 15 heavy (non-hydrogen) atoms. The van der Waals surface area contributed by atoms with Gasteiger partial charge in [0.05, 0.1) is 0 Å². The van der Waals surface area contributed by atoms with E-state index >= 15 is 0 Å². The van der Waals surface area contributed by atoms with Gasteiger partial charge in [-0.3, -0.25) is 0 Å². The Balaban J connectivity index is 1.86. The lowest BCUT2D eigenvalue weighted by Crippen LogP contribution is -2.50. The molecule has 0 aromatic rings. The van der Waals surface area contributed by atoms with Crippen LogP contribution in [-0.4, -0.2) is 4.83 Å². The average Bonchev–Trinajstić information content (AvgIpc) is 2.14. The molecule has 0 radical (unpaired) electrons. The predicted octanol–water partition coefficient (Wildman–Crippen LogP) is 4.62. The van der Waals surface area contributed by atoms with Crippen LogP contribution < -0.4 is 0 Å². The molecule has 86 valence electrons. The highest BCUT2D eigenvalue weighted by atomic mass is 79.9. The fraction of sp³-hybridized carbons (Fsp3) is 1.00. The normalized spacial score (nSPS) is 51.8. The second-order valence-corrected chi connectivity index (χ2v) is 8.19. The third kappa shape index (κ3) is 1.61. The van der Waals surface area contributed by atoms with Crippen molar-refractivity contribution in [2.45, 2.75) is 57.2 Å². The van der Waals surface area contributed by atoms with Gasteiger partial charge in [-0.15, -0.1) is 0 Å². The molecule has 2 atom stereocenters. The maximum Gasteiger partial charge on any atom is 0.0148 e. The molecule has 0 N–H and O–H groups in total. The summed E-state index contributed by atoms with van der Waals surface area (Å²) in [5, 5.41) is 0. The van der Waals surface area contributed by atoms with Gasteiger partial charge in [-0.1, -0.05) is 29.8 Å². The van der Waals surface area contributed by atoms with Gasteiger partial charge in [0.15, 0.2) is 0 Å². The molecule has 0 aromatic carbocycles. The van der Waals surface area contributed by atoms with Crippen molar-refractivity contribution in [3.63, 3.8) is 0 Å². The van der Waals surface area contributed by atoms with E-state index in [4.69, 9.17) is 0 Å². The Bertz CT molecular complexity index is 221. The highest BCUT2D eigenvalue weighted by molar-refractivity contribution is 9.09. The van der Waals surface area contributed by atoms with Gasteiger partial charge in [0.25, 0.3) is 0 Å². The molecule has 4 saturated carbocycles. The lowest BCUT2D eigenvalue weighted by atomic mass is 9.46. The van der Waals surface area contributed by atoms with Gasteiger partial charge in [-0.05, 0) is 67.6 Å². The van der Waals surface area contributed by atoms with Crippen LogP contribution in [0.25, 0.3) is 0 Å². The monoisotopic (exact) mass is 270 g/mol. The summed E-state index contributed by atoms with van der Waals surface area (Å²) >= 11 is 3.83. The average molecular weight is 271 g/mol. The third-order valence-electron chi connectivity index (χ3n) is 5.74. The van der Waals surface area contributed by atoms with Crippen LogP contribution >= 0.6 is 15.9 Å². The largest absolute Gasteiger partial charge is 0.0891 e. The molecule has 0 aromatic heterocycles. The minimum Gasteiger partial charge on any atom is -0.0891 e. The van der Waals surface area contributed by atoms with E-state index in [-0.39, 0.29) is 0 Å². The molecule has 4 aliphatic carbocycles. The molecule has 0 amide bonds. The van der Waals surface area contributed by atoms with Crippen molar-refractivity contribution in [3.8, 4) is 0 Å². The molecule has 0 nitrogen and oxygen atoms in total. The first kappa shape index (κ1) is 10.6. The van der Waals surface area contributed by atoms with E-state index in [0.29, 0.717) is 4.83 Å². The summed E-state index contributed by atoms with van der Waals surface area (Å²) in [4.78, 5) is 0.703. The molecule has 0 spiro atoms. The SMILES string of the molecule is CC(Br)C(C)C12CC3CC(CC(C3)C1)C2. The Morgan fingerprint density at radius 2 is 1.33 bits per heavy atom. The molecular weight excluding hydrogens is 248 g/mol. The summed E-state index contributed by atoms with van der Waals surface area (Å²) < 4.78 is 0. The van der Waals surface area contributed by atoms with E-state index in [2.05, 4.69) is 29.8 Å². The first-order chi connectivity index (χ1) is 7.09. The Hall–Kier alpha value is 0.480. The highest BCUT2D eigenvalue weighted by Crippen LogP contribution is 2.63. The molecule has 0 saturated heterocycles. The minimum absolute atomic E-state index is 0.703.